The van der Waals surface area contributed by atoms with Crippen molar-refractivity contribution in [3.05, 3.63) is 52.1 Å². The van der Waals surface area contributed by atoms with Gasteiger partial charge in [-0.2, -0.15) is 0 Å². The largest absolute Gasteiger partial charge is 0.464 e. The third-order valence-corrected chi connectivity index (χ3v) is 15.8. The first kappa shape index (κ1) is 45.8. The van der Waals surface area contributed by atoms with Gasteiger partial charge in [0, 0.05) is 98.5 Å². The highest BCUT2D eigenvalue weighted by atomic mass is 32.1. The number of fused-ring (bicyclic) bond motifs is 6. The van der Waals surface area contributed by atoms with Crippen LogP contribution in [0.5, 0.6) is 0 Å². The molecule has 5 fully saturated rings. The number of benzene rings is 1. The Kier molecular flexibility index (Phi) is 13.6. The van der Waals surface area contributed by atoms with E-state index in [1.807, 2.05) is 6.20 Å². The molecule has 1 aromatic carbocycles. The number of hydrogen-bond donors (Lipinski definition) is 2. The molecule has 0 spiro atoms. The van der Waals surface area contributed by atoms with Crippen LogP contribution < -0.4 is 16.1 Å². The minimum Gasteiger partial charge on any atom is -0.464 e. The molecule has 0 unspecified atom stereocenters. The molecule has 66 heavy (non-hydrogen) atoms. The van der Waals surface area contributed by atoms with Crippen LogP contribution in [0, 0.1) is 5.41 Å². The maximum atomic E-state index is 14.2. The Morgan fingerprint density at radius 2 is 1.76 bits per heavy atom. The van der Waals surface area contributed by atoms with Crippen LogP contribution in [-0.4, -0.2) is 145 Å². The fourth-order valence-corrected chi connectivity index (χ4v) is 12.0. The summed E-state index contributed by atoms with van der Waals surface area (Å²) >= 11 is 1.57. The highest BCUT2D eigenvalue weighted by Gasteiger charge is 2.40. The van der Waals surface area contributed by atoms with Crippen molar-refractivity contribution in [2.45, 2.75) is 121 Å². The Bertz CT molecular complexity index is 2360. The monoisotopic (exact) mass is 924 g/mol. The van der Waals surface area contributed by atoms with E-state index in [0.717, 1.165) is 140 Å². The number of nitrogens with one attached hydrogen (secondary N) is 1. The maximum absolute atomic E-state index is 14.2. The molecule has 3 aromatic heterocycles. The number of anilines is 1. The number of nitrogens with two attached hydrogens (primary N) is 1. The fourth-order valence-electron chi connectivity index (χ4n) is 10.9. The molecule has 1 saturated carbocycles. The third kappa shape index (κ3) is 9.54. The van der Waals surface area contributed by atoms with Crippen molar-refractivity contribution in [1.29, 1.82) is 0 Å². The number of thiazole rings is 1. The second-order valence-corrected chi connectivity index (χ2v) is 21.1. The van der Waals surface area contributed by atoms with Gasteiger partial charge in [-0.05, 0) is 102 Å². The lowest BCUT2D eigenvalue weighted by atomic mass is 9.84. The summed E-state index contributed by atoms with van der Waals surface area (Å²) in [5, 5.41) is 5.60. The number of hydrazine groups is 1. The van der Waals surface area contributed by atoms with Crippen molar-refractivity contribution < 1.29 is 28.5 Å². The molecule has 6 bridgehead atoms. The van der Waals surface area contributed by atoms with Crippen molar-refractivity contribution in [3.63, 3.8) is 0 Å². The molecule has 8 heterocycles. The Hall–Kier alpha value is -4.00. The SMILES string of the molecule is CO[C@@H](C)c1ncc(N2CCN(C3CC3)CC2)cc1-c1c2c3cc(ccc3n1CCOC1CCOCC1)-c1csc(n1)[C@@H](N1CCCC1)[C@H](N)C(=O)N1CCC[C@H](N1)C(=O)OCC(C)(C)C2. The minimum atomic E-state index is -0.869. The van der Waals surface area contributed by atoms with Crippen molar-refractivity contribution in [2.75, 3.05) is 84.3 Å². The number of hydrogen-bond acceptors (Lipinski definition) is 14. The first-order chi connectivity index (χ1) is 32.0. The number of amides is 1. The van der Waals surface area contributed by atoms with Crippen LogP contribution in [0.2, 0.25) is 0 Å². The van der Waals surface area contributed by atoms with E-state index < -0.39 is 23.5 Å². The van der Waals surface area contributed by atoms with Crippen LogP contribution in [0.15, 0.2) is 35.8 Å². The predicted molar refractivity (Wildman–Crippen MR) is 256 cm³/mol. The van der Waals surface area contributed by atoms with E-state index in [1.165, 1.54) is 12.8 Å². The van der Waals surface area contributed by atoms with Crippen LogP contribution in [0.3, 0.4) is 0 Å². The van der Waals surface area contributed by atoms with Gasteiger partial charge in [0.1, 0.15) is 17.1 Å². The maximum Gasteiger partial charge on any atom is 0.324 e. The lowest BCUT2D eigenvalue weighted by molar-refractivity contribution is -0.155. The minimum absolute atomic E-state index is 0.153. The molecule has 10 rings (SSSR count). The number of piperazine rings is 1. The van der Waals surface area contributed by atoms with Gasteiger partial charge >= 0.3 is 5.97 Å². The second kappa shape index (κ2) is 19.5. The van der Waals surface area contributed by atoms with Gasteiger partial charge in [0.2, 0.25) is 0 Å². The molecule has 16 heteroatoms. The number of ether oxygens (including phenoxy) is 4. The smallest absolute Gasteiger partial charge is 0.324 e. The molecule has 4 aromatic rings. The first-order valence-electron chi connectivity index (χ1n) is 24.6. The Morgan fingerprint density at radius 3 is 2.52 bits per heavy atom. The summed E-state index contributed by atoms with van der Waals surface area (Å²) in [6.07, 6.45) is 10.2. The Morgan fingerprint density at radius 1 is 0.970 bits per heavy atom. The zero-order valence-electron chi connectivity index (χ0n) is 39.3. The summed E-state index contributed by atoms with van der Waals surface area (Å²) in [4.78, 5) is 46.3. The lowest BCUT2D eigenvalue weighted by Gasteiger charge is -2.37. The summed E-state index contributed by atoms with van der Waals surface area (Å²) in [5.74, 6) is -0.592. The molecule has 6 aliphatic rings. The molecule has 3 N–H and O–H groups in total. The number of likely N-dealkylation sites (tertiary alicyclic amines) is 1. The average molecular weight is 924 g/mol. The molecular weight excluding hydrogens is 855 g/mol. The number of carbonyl (C=O) groups is 2. The number of carbonyl (C=O) groups excluding carboxylic acids is 2. The van der Waals surface area contributed by atoms with Gasteiger partial charge in [-0.1, -0.05) is 19.9 Å². The van der Waals surface area contributed by atoms with Crippen LogP contribution in [0.4, 0.5) is 5.69 Å². The second-order valence-electron chi connectivity index (χ2n) is 20.2. The Balaban J connectivity index is 1.13. The highest BCUT2D eigenvalue weighted by molar-refractivity contribution is 7.10. The number of esters is 1. The van der Waals surface area contributed by atoms with Gasteiger partial charge in [0.25, 0.3) is 5.91 Å². The van der Waals surface area contributed by atoms with Crippen molar-refractivity contribution in [3.8, 4) is 22.5 Å². The zero-order valence-corrected chi connectivity index (χ0v) is 40.2. The summed E-state index contributed by atoms with van der Waals surface area (Å²) in [6.45, 7) is 15.4. The van der Waals surface area contributed by atoms with Crippen LogP contribution in [0.1, 0.15) is 101 Å². The number of nitrogens with zero attached hydrogens (tertiary/aromatic N) is 7. The van der Waals surface area contributed by atoms with E-state index in [4.69, 9.17) is 34.6 Å². The van der Waals surface area contributed by atoms with Gasteiger partial charge in [-0.3, -0.25) is 29.4 Å². The molecule has 1 amide bonds. The molecule has 5 aliphatic heterocycles. The van der Waals surface area contributed by atoms with E-state index in [1.54, 1.807) is 23.5 Å². The first-order valence-corrected chi connectivity index (χ1v) is 25.5. The van der Waals surface area contributed by atoms with Crippen LogP contribution in [-0.2, 0) is 41.5 Å². The normalized spacial score (nSPS) is 25.6. The molecule has 15 nitrogen and oxygen atoms in total. The van der Waals surface area contributed by atoms with Gasteiger partial charge in [0.15, 0.2) is 0 Å². The third-order valence-electron chi connectivity index (χ3n) is 14.9. The number of methoxy groups -OCH3 is 1. The fraction of sp³-hybridized carbons (Fsp3) is 0.640. The Labute approximate surface area is 393 Å². The predicted octanol–water partition coefficient (Wildman–Crippen LogP) is 6.10. The van der Waals surface area contributed by atoms with E-state index in [2.05, 4.69) is 75.1 Å². The van der Waals surface area contributed by atoms with Gasteiger partial charge in [0.05, 0.1) is 60.4 Å². The zero-order chi connectivity index (χ0) is 45.5. The highest BCUT2D eigenvalue weighted by Crippen LogP contribution is 2.44. The molecule has 356 valence electrons. The summed E-state index contributed by atoms with van der Waals surface area (Å²) in [5.41, 5.74) is 17.9. The standard InChI is InChI=1S/C50H69N9O6S/c1-32(62-4)44-38(27-35(29-52-44)56-20-18-55(19-21-56)34-10-11-34)45-39-28-50(2,3)31-65-49(61)40-8-7-17-59(54-40)48(60)43(51)46(57-15-5-6-16-57)47-53-41(30-66-47)33-9-12-42(37(39)26-33)58(45)22-25-64-36-13-23-63-24-14-36/h9,12,26-27,29-30,32,34,36,40,43,46,54H,5-8,10-11,13-25,28,31,51H2,1-4H3/t32-,40-,43-,46-/m0/s1. The van der Waals surface area contributed by atoms with Crippen molar-refractivity contribution in [1.82, 2.24) is 34.8 Å². The van der Waals surface area contributed by atoms with Gasteiger partial charge in [-0.25, -0.2) is 10.4 Å². The van der Waals surface area contributed by atoms with Crippen LogP contribution >= 0.6 is 11.3 Å². The van der Waals surface area contributed by atoms with E-state index >= 15 is 0 Å². The van der Waals surface area contributed by atoms with E-state index in [9.17, 15) is 9.59 Å². The topological polar surface area (TPSA) is 153 Å². The summed E-state index contributed by atoms with van der Waals surface area (Å²) in [7, 11) is 1.75. The van der Waals surface area contributed by atoms with Crippen molar-refractivity contribution in [2.24, 2.45) is 11.1 Å². The summed E-state index contributed by atoms with van der Waals surface area (Å²) < 4.78 is 27.1. The van der Waals surface area contributed by atoms with E-state index in [0.29, 0.717) is 39.0 Å². The number of rotatable bonds is 10. The summed E-state index contributed by atoms with van der Waals surface area (Å²) in [6, 6.07) is 7.87. The lowest BCUT2D eigenvalue weighted by Crippen LogP contribution is -2.61. The number of cyclic esters (lactones) is 1. The number of pyridine rings is 1. The van der Waals surface area contributed by atoms with Gasteiger partial charge in [-0.15, -0.1) is 11.3 Å². The molecule has 1 aliphatic carbocycles. The number of aromatic nitrogens is 3. The van der Waals surface area contributed by atoms with Crippen LogP contribution in [0.25, 0.3) is 33.4 Å². The van der Waals surface area contributed by atoms with E-state index in [-0.39, 0.29) is 30.7 Å². The van der Waals surface area contributed by atoms with Gasteiger partial charge < -0.3 is 34.1 Å². The molecule has 0 radical (unpaired) electrons. The van der Waals surface area contributed by atoms with Crippen molar-refractivity contribution >= 4 is 39.8 Å². The average Bonchev–Trinajstić information content (AvgIpc) is 3.69. The molecule has 4 saturated heterocycles. The molecule has 4 atom stereocenters. The molecular formula is C50H69N9O6S. The quantitative estimate of drug-likeness (QED) is 0.177.